The Kier molecular flexibility index (Phi) is 5.90. The van der Waals surface area contributed by atoms with Crippen LogP contribution in [0.15, 0.2) is 24.3 Å². The number of carbonyl (C=O) groups excluding carboxylic acids is 2. The highest BCUT2D eigenvalue weighted by atomic mass is 16.2. The molecule has 1 rings (SSSR count). The average Bonchev–Trinajstić information content (AvgIpc) is 2.46. The van der Waals surface area contributed by atoms with Gasteiger partial charge in [0.2, 0.25) is 5.91 Å². The molecule has 4 N–H and O–H groups in total. The molecule has 5 nitrogen and oxygen atoms in total. The summed E-state index contributed by atoms with van der Waals surface area (Å²) in [6.07, 6.45) is 0.671. The molecule has 1 atom stereocenters. The predicted octanol–water partition coefficient (Wildman–Crippen LogP) is 2.14. The van der Waals surface area contributed by atoms with Crippen LogP contribution in [0.4, 0.5) is 5.69 Å². The summed E-state index contributed by atoms with van der Waals surface area (Å²) < 4.78 is 0. The highest BCUT2D eigenvalue weighted by molar-refractivity contribution is 5.97. The third kappa shape index (κ3) is 4.56. The van der Waals surface area contributed by atoms with E-state index in [0.29, 0.717) is 24.2 Å². The van der Waals surface area contributed by atoms with Gasteiger partial charge in [-0.15, -0.1) is 0 Å². The maximum atomic E-state index is 12.2. The Labute approximate surface area is 126 Å². The van der Waals surface area contributed by atoms with Gasteiger partial charge in [0, 0.05) is 23.8 Å². The molecular weight excluding hydrogens is 266 g/mol. The third-order valence-electron chi connectivity index (χ3n) is 3.60. The van der Waals surface area contributed by atoms with Crippen molar-refractivity contribution < 1.29 is 9.59 Å². The molecule has 0 aromatic heterocycles. The van der Waals surface area contributed by atoms with Crippen LogP contribution in [-0.2, 0) is 4.79 Å². The van der Waals surface area contributed by atoms with E-state index in [9.17, 15) is 9.59 Å². The third-order valence-corrected chi connectivity index (χ3v) is 3.60. The van der Waals surface area contributed by atoms with Crippen molar-refractivity contribution in [2.45, 2.75) is 40.2 Å². The molecule has 21 heavy (non-hydrogen) atoms. The maximum absolute atomic E-state index is 12.2. The number of hydrogen-bond donors (Lipinski definition) is 3. The first-order chi connectivity index (χ1) is 9.82. The van der Waals surface area contributed by atoms with Crippen LogP contribution >= 0.6 is 0 Å². The predicted molar refractivity (Wildman–Crippen MR) is 85.1 cm³/mol. The molecule has 116 valence electrons. The maximum Gasteiger partial charge on any atom is 0.251 e. The van der Waals surface area contributed by atoms with Gasteiger partial charge in [-0.05, 0) is 51.5 Å². The second-order valence-electron chi connectivity index (χ2n) is 5.78. The van der Waals surface area contributed by atoms with Gasteiger partial charge in [0.25, 0.3) is 5.91 Å². The van der Waals surface area contributed by atoms with E-state index in [2.05, 4.69) is 10.6 Å². The van der Waals surface area contributed by atoms with Gasteiger partial charge in [-0.3, -0.25) is 9.59 Å². The zero-order valence-electron chi connectivity index (χ0n) is 13.2. The zero-order chi connectivity index (χ0) is 16.0. The van der Waals surface area contributed by atoms with Crippen LogP contribution in [0.5, 0.6) is 0 Å². The van der Waals surface area contributed by atoms with Crippen molar-refractivity contribution in [3.05, 3.63) is 29.8 Å². The van der Waals surface area contributed by atoms with E-state index >= 15 is 0 Å². The fraction of sp³-hybridized carbons (Fsp3) is 0.500. The van der Waals surface area contributed by atoms with E-state index in [1.54, 1.807) is 24.3 Å². The molecule has 2 amide bonds. The van der Waals surface area contributed by atoms with Crippen molar-refractivity contribution >= 4 is 17.5 Å². The molecule has 0 fully saturated rings. The van der Waals surface area contributed by atoms with Gasteiger partial charge in [-0.1, -0.05) is 6.92 Å². The fourth-order valence-electron chi connectivity index (χ4n) is 1.73. The first kappa shape index (κ1) is 17.2. The minimum absolute atomic E-state index is 0.0895. The van der Waals surface area contributed by atoms with Crippen LogP contribution in [0.3, 0.4) is 0 Å². The lowest BCUT2D eigenvalue weighted by Gasteiger charge is -2.25. The summed E-state index contributed by atoms with van der Waals surface area (Å²) in [5.41, 5.74) is 6.32. The van der Waals surface area contributed by atoms with Gasteiger partial charge >= 0.3 is 0 Å². The Hall–Kier alpha value is -1.88. The van der Waals surface area contributed by atoms with Crippen LogP contribution in [0.25, 0.3) is 0 Å². The summed E-state index contributed by atoms with van der Waals surface area (Å²) in [6.45, 7) is 7.89. The summed E-state index contributed by atoms with van der Waals surface area (Å²) >= 11 is 0. The highest BCUT2D eigenvalue weighted by Gasteiger charge is 2.29. The summed E-state index contributed by atoms with van der Waals surface area (Å²) in [7, 11) is 0. The number of hydrogen-bond acceptors (Lipinski definition) is 3. The standard InChI is InChI=1S/C16H25N3O2/c1-5-16(4,10-17)15(21)19-13-8-6-12(7-9-13)14(20)18-11(2)3/h6-9,11H,5,10,17H2,1-4H3,(H,18,20)(H,19,21). The van der Waals surface area contributed by atoms with Crippen LogP contribution < -0.4 is 16.4 Å². The molecule has 0 radical (unpaired) electrons. The van der Waals surface area contributed by atoms with E-state index in [1.807, 2.05) is 27.7 Å². The summed E-state index contributed by atoms with van der Waals surface area (Å²) in [5, 5.41) is 5.66. The minimum Gasteiger partial charge on any atom is -0.350 e. The second kappa shape index (κ2) is 7.22. The van der Waals surface area contributed by atoms with Crippen LogP contribution in [0.2, 0.25) is 0 Å². The monoisotopic (exact) mass is 291 g/mol. The smallest absolute Gasteiger partial charge is 0.251 e. The normalized spacial score (nSPS) is 13.6. The molecule has 0 saturated carbocycles. The Morgan fingerprint density at radius 3 is 2.24 bits per heavy atom. The molecule has 1 aromatic rings. The number of carbonyl (C=O) groups is 2. The number of amides is 2. The highest BCUT2D eigenvalue weighted by Crippen LogP contribution is 2.22. The quantitative estimate of drug-likeness (QED) is 0.750. The lowest BCUT2D eigenvalue weighted by Crippen LogP contribution is -2.39. The van der Waals surface area contributed by atoms with Crippen LogP contribution in [0, 0.1) is 5.41 Å². The van der Waals surface area contributed by atoms with E-state index in [1.165, 1.54) is 0 Å². The Bertz CT molecular complexity index is 491. The molecule has 0 saturated heterocycles. The molecule has 0 aliphatic carbocycles. The molecule has 1 unspecified atom stereocenters. The van der Waals surface area contributed by atoms with Crippen molar-refractivity contribution in [3.63, 3.8) is 0 Å². The minimum atomic E-state index is -0.576. The van der Waals surface area contributed by atoms with Crippen molar-refractivity contribution in [2.24, 2.45) is 11.1 Å². The van der Waals surface area contributed by atoms with E-state index < -0.39 is 5.41 Å². The Balaban J connectivity index is 2.75. The average molecular weight is 291 g/mol. The summed E-state index contributed by atoms with van der Waals surface area (Å²) in [6, 6.07) is 6.92. The molecule has 5 heteroatoms. The summed E-state index contributed by atoms with van der Waals surface area (Å²) in [4.78, 5) is 24.0. The fourth-order valence-corrected chi connectivity index (χ4v) is 1.73. The molecule has 0 heterocycles. The number of rotatable bonds is 6. The summed E-state index contributed by atoms with van der Waals surface area (Å²) in [5.74, 6) is -0.227. The van der Waals surface area contributed by atoms with E-state index in [0.717, 1.165) is 0 Å². The van der Waals surface area contributed by atoms with Gasteiger partial charge in [0.1, 0.15) is 0 Å². The topological polar surface area (TPSA) is 84.2 Å². The number of nitrogens with two attached hydrogens (primary N) is 1. The molecule has 0 bridgehead atoms. The molecule has 0 aliphatic rings. The first-order valence-corrected chi connectivity index (χ1v) is 7.25. The number of nitrogens with one attached hydrogen (secondary N) is 2. The van der Waals surface area contributed by atoms with E-state index in [4.69, 9.17) is 5.73 Å². The van der Waals surface area contributed by atoms with Crippen molar-refractivity contribution in [3.8, 4) is 0 Å². The SMILES string of the molecule is CCC(C)(CN)C(=O)Nc1ccc(C(=O)NC(C)C)cc1. The van der Waals surface area contributed by atoms with Crippen molar-refractivity contribution in [1.82, 2.24) is 5.32 Å². The van der Waals surface area contributed by atoms with Gasteiger partial charge in [0.15, 0.2) is 0 Å². The second-order valence-corrected chi connectivity index (χ2v) is 5.78. The van der Waals surface area contributed by atoms with Crippen LogP contribution in [0.1, 0.15) is 44.5 Å². The van der Waals surface area contributed by atoms with E-state index in [-0.39, 0.29) is 17.9 Å². The first-order valence-electron chi connectivity index (χ1n) is 7.25. The Morgan fingerprint density at radius 2 is 1.81 bits per heavy atom. The lowest BCUT2D eigenvalue weighted by atomic mass is 9.86. The number of benzene rings is 1. The van der Waals surface area contributed by atoms with Gasteiger partial charge < -0.3 is 16.4 Å². The van der Waals surface area contributed by atoms with Crippen molar-refractivity contribution in [1.29, 1.82) is 0 Å². The van der Waals surface area contributed by atoms with Gasteiger partial charge in [-0.25, -0.2) is 0 Å². The van der Waals surface area contributed by atoms with Crippen LogP contribution in [-0.4, -0.2) is 24.4 Å². The van der Waals surface area contributed by atoms with Gasteiger partial charge in [-0.2, -0.15) is 0 Å². The van der Waals surface area contributed by atoms with Gasteiger partial charge in [0.05, 0.1) is 5.41 Å². The van der Waals surface area contributed by atoms with Crippen molar-refractivity contribution in [2.75, 3.05) is 11.9 Å². The number of anilines is 1. The Morgan fingerprint density at radius 1 is 1.24 bits per heavy atom. The molecular formula is C16H25N3O2. The lowest BCUT2D eigenvalue weighted by molar-refractivity contribution is -0.124. The molecule has 0 spiro atoms. The molecule has 0 aliphatic heterocycles. The largest absolute Gasteiger partial charge is 0.350 e. The zero-order valence-corrected chi connectivity index (χ0v) is 13.2. The molecule has 1 aromatic carbocycles.